The van der Waals surface area contributed by atoms with Gasteiger partial charge in [0.25, 0.3) is 5.91 Å². The zero-order valence-electron chi connectivity index (χ0n) is 17.5. The molecule has 1 aliphatic heterocycles. The van der Waals surface area contributed by atoms with E-state index in [9.17, 15) is 18.3 Å². The van der Waals surface area contributed by atoms with E-state index in [0.29, 0.717) is 48.9 Å². The highest BCUT2D eigenvalue weighted by molar-refractivity contribution is 7.89. The number of aliphatic hydroxyl groups is 1. The van der Waals surface area contributed by atoms with Crippen molar-refractivity contribution in [3.8, 4) is 0 Å². The molecule has 0 saturated carbocycles. The van der Waals surface area contributed by atoms with Crippen LogP contribution in [-0.2, 0) is 10.0 Å². The van der Waals surface area contributed by atoms with Crippen molar-refractivity contribution in [3.05, 3.63) is 41.3 Å². The number of carbonyl (C=O) groups is 1. The van der Waals surface area contributed by atoms with Crippen molar-refractivity contribution in [3.63, 3.8) is 0 Å². The molecule has 0 bridgehead atoms. The maximum atomic E-state index is 13.0. The summed E-state index contributed by atoms with van der Waals surface area (Å²) in [6.45, 7) is 7.40. The number of sulfonamides is 1. The minimum absolute atomic E-state index is 0.0605. The quantitative estimate of drug-likeness (QED) is 0.677. The second-order valence-corrected chi connectivity index (χ2v) is 9.30. The van der Waals surface area contributed by atoms with E-state index >= 15 is 0 Å². The highest BCUT2D eigenvalue weighted by Crippen LogP contribution is 2.22. The van der Waals surface area contributed by atoms with E-state index in [0.717, 1.165) is 6.42 Å². The molecule has 2 aromatic rings. The molecule has 1 amide bonds. The average molecular weight is 437 g/mol. The molecule has 0 aliphatic carbocycles. The van der Waals surface area contributed by atoms with Crippen LogP contribution in [0.1, 0.15) is 35.2 Å². The molecule has 1 aromatic heterocycles. The standard InChI is InChI=1S/C20H28N4O5S/c1-4-17(13-25)23-9-11-24(12-10-23)30(27,28)18-7-5-16(6-8-18)20(26)21-19-14(2)22-29-15(19)3/h5-8,17,25H,4,9-13H2,1-3H3,(H,21,26)/t17-/m0/s1. The van der Waals surface area contributed by atoms with E-state index in [1.807, 2.05) is 6.92 Å². The Labute approximate surface area is 176 Å². The molecule has 2 heterocycles. The lowest BCUT2D eigenvalue weighted by Gasteiger charge is -2.37. The number of aromatic nitrogens is 1. The number of rotatable bonds is 7. The lowest BCUT2D eigenvalue weighted by atomic mass is 10.2. The van der Waals surface area contributed by atoms with Gasteiger partial charge in [0.15, 0.2) is 5.76 Å². The van der Waals surface area contributed by atoms with E-state index in [2.05, 4.69) is 15.4 Å². The Hall–Kier alpha value is -2.27. The number of piperazine rings is 1. The number of hydrogen-bond donors (Lipinski definition) is 2. The molecule has 1 aliphatic rings. The van der Waals surface area contributed by atoms with Crippen LogP contribution < -0.4 is 5.32 Å². The summed E-state index contributed by atoms with van der Waals surface area (Å²) in [4.78, 5) is 14.7. The summed E-state index contributed by atoms with van der Waals surface area (Å²) >= 11 is 0. The third-order valence-corrected chi connectivity index (χ3v) is 7.41. The SMILES string of the molecule is CC[C@@H](CO)N1CCN(S(=O)(=O)c2ccc(C(=O)Nc3c(C)noc3C)cc2)CC1. The summed E-state index contributed by atoms with van der Waals surface area (Å²) < 4.78 is 32.4. The molecule has 0 radical (unpaired) electrons. The molecule has 0 unspecified atom stereocenters. The number of nitrogens with one attached hydrogen (secondary N) is 1. The molecule has 1 saturated heterocycles. The topological polar surface area (TPSA) is 116 Å². The fourth-order valence-corrected chi connectivity index (χ4v) is 5.01. The van der Waals surface area contributed by atoms with Crippen LogP contribution >= 0.6 is 0 Å². The first-order valence-corrected chi connectivity index (χ1v) is 11.4. The lowest BCUT2D eigenvalue weighted by molar-refractivity contribution is 0.0881. The summed E-state index contributed by atoms with van der Waals surface area (Å²) in [6, 6.07) is 5.95. The lowest BCUT2D eigenvalue weighted by Crippen LogP contribution is -2.52. The smallest absolute Gasteiger partial charge is 0.255 e. The Morgan fingerprint density at radius 1 is 1.20 bits per heavy atom. The highest BCUT2D eigenvalue weighted by atomic mass is 32.2. The van der Waals surface area contributed by atoms with Gasteiger partial charge in [-0.25, -0.2) is 8.42 Å². The van der Waals surface area contributed by atoms with Crippen LogP contribution in [-0.4, -0.2) is 72.6 Å². The van der Waals surface area contributed by atoms with E-state index in [1.165, 1.54) is 28.6 Å². The first-order valence-electron chi connectivity index (χ1n) is 9.97. The molecule has 1 aromatic carbocycles. The molecule has 2 N–H and O–H groups in total. The van der Waals surface area contributed by atoms with Gasteiger partial charge < -0.3 is 14.9 Å². The van der Waals surface area contributed by atoms with Crippen molar-refractivity contribution in [2.24, 2.45) is 0 Å². The van der Waals surface area contributed by atoms with Crippen LogP contribution in [0.3, 0.4) is 0 Å². The van der Waals surface area contributed by atoms with Crippen LogP contribution in [0.25, 0.3) is 0 Å². The van der Waals surface area contributed by atoms with Crippen molar-refractivity contribution >= 4 is 21.6 Å². The maximum Gasteiger partial charge on any atom is 0.255 e. The van der Waals surface area contributed by atoms with Gasteiger partial charge >= 0.3 is 0 Å². The minimum Gasteiger partial charge on any atom is -0.395 e. The van der Waals surface area contributed by atoms with Gasteiger partial charge in [0, 0.05) is 37.8 Å². The number of aryl methyl sites for hydroxylation is 2. The van der Waals surface area contributed by atoms with Gasteiger partial charge in [-0.15, -0.1) is 0 Å². The molecule has 3 rings (SSSR count). The van der Waals surface area contributed by atoms with Crippen molar-refractivity contribution < 1.29 is 22.8 Å². The van der Waals surface area contributed by atoms with Gasteiger partial charge in [-0.1, -0.05) is 12.1 Å². The third kappa shape index (κ3) is 4.56. The van der Waals surface area contributed by atoms with E-state index < -0.39 is 10.0 Å². The fourth-order valence-electron chi connectivity index (χ4n) is 3.59. The summed E-state index contributed by atoms with van der Waals surface area (Å²) in [6.07, 6.45) is 0.820. The first kappa shape index (κ1) is 22.4. The Morgan fingerprint density at radius 3 is 2.33 bits per heavy atom. The van der Waals surface area contributed by atoms with Crippen molar-refractivity contribution in [1.82, 2.24) is 14.4 Å². The Morgan fingerprint density at radius 2 is 1.83 bits per heavy atom. The number of amides is 1. The van der Waals surface area contributed by atoms with Gasteiger partial charge in [0.2, 0.25) is 10.0 Å². The van der Waals surface area contributed by atoms with E-state index in [1.54, 1.807) is 13.8 Å². The average Bonchev–Trinajstić information content (AvgIpc) is 3.07. The monoisotopic (exact) mass is 436 g/mol. The maximum absolute atomic E-state index is 13.0. The van der Waals surface area contributed by atoms with Crippen molar-refractivity contribution in [1.29, 1.82) is 0 Å². The van der Waals surface area contributed by atoms with Crippen LogP contribution in [0, 0.1) is 13.8 Å². The van der Waals surface area contributed by atoms with Crippen molar-refractivity contribution in [2.75, 3.05) is 38.1 Å². The normalized spacial score (nSPS) is 17.1. The molecule has 0 spiro atoms. The van der Waals surface area contributed by atoms with E-state index in [4.69, 9.17) is 4.52 Å². The minimum atomic E-state index is -3.64. The van der Waals surface area contributed by atoms with Crippen LogP contribution in [0.5, 0.6) is 0 Å². The predicted octanol–water partition coefficient (Wildman–Crippen LogP) is 1.62. The first-order chi connectivity index (χ1) is 14.3. The van der Waals surface area contributed by atoms with Crippen LogP contribution in [0.15, 0.2) is 33.7 Å². The summed E-state index contributed by atoms with van der Waals surface area (Å²) in [5.41, 5.74) is 1.43. The molecule has 1 fully saturated rings. The molecule has 30 heavy (non-hydrogen) atoms. The predicted molar refractivity (Wildman–Crippen MR) is 112 cm³/mol. The Balaban J connectivity index is 1.67. The van der Waals surface area contributed by atoms with Gasteiger partial charge in [-0.2, -0.15) is 4.31 Å². The second kappa shape index (κ2) is 9.25. The summed E-state index contributed by atoms with van der Waals surface area (Å²) in [5.74, 6) is 0.141. The molecular weight excluding hydrogens is 408 g/mol. The Kier molecular flexibility index (Phi) is 6.91. The third-order valence-electron chi connectivity index (χ3n) is 5.50. The van der Waals surface area contributed by atoms with Gasteiger partial charge in [0.05, 0.1) is 11.5 Å². The summed E-state index contributed by atoms with van der Waals surface area (Å²) in [5, 5.41) is 16.0. The Bertz CT molecular complexity index is 956. The van der Waals surface area contributed by atoms with E-state index in [-0.39, 0.29) is 23.5 Å². The number of hydrogen-bond acceptors (Lipinski definition) is 7. The van der Waals surface area contributed by atoms with Crippen molar-refractivity contribution in [2.45, 2.75) is 38.1 Å². The largest absolute Gasteiger partial charge is 0.395 e. The number of carbonyl (C=O) groups excluding carboxylic acids is 1. The van der Waals surface area contributed by atoms with Gasteiger partial charge in [0.1, 0.15) is 11.4 Å². The summed E-state index contributed by atoms with van der Waals surface area (Å²) in [7, 11) is -3.64. The zero-order chi connectivity index (χ0) is 21.9. The highest BCUT2D eigenvalue weighted by Gasteiger charge is 2.30. The number of aliphatic hydroxyl groups excluding tert-OH is 1. The number of nitrogens with zero attached hydrogens (tertiary/aromatic N) is 3. The second-order valence-electron chi connectivity index (χ2n) is 7.36. The molecule has 9 nitrogen and oxygen atoms in total. The number of anilines is 1. The number of benzene rings is 1. The van der Waals surface area contributed by atoms with Crippen LogP contribution in [0.4, 0.5) is 5.69 Å². The molecular formula is C20H28N4O5S. The zero-order valence-corrected chi connectivity index (χ0v) is 18.3. The van der Waals surface area contributed by atoms with Gasteiger partial charge in [-0.3, -0.25) is 9.69 Å². The molecule has 1 atom stereocenters. The van der Waals surface area contributed by atoms with Gasteiger partial charge in [-0.05, 0) is 44.5 Å². The molecule has 10 heteroatoms. The fraction of sp³-hybridized carbons (Fsp3) is 0.500. The van der Waals surface area contributed by atoms with Crippen LogP contribution in [0.2, 0.25) is 0 Å². The molecule has 164 valence electrons.